The first-order chi connectivity index (χ1) is 18.3. The van der Waals surface area contributed by atoms with E-state index in [1.807, 2.05) is 24.3 Å². The van der Waals surface area contributed by atoms with Crippen molar-refractivity contribution in [2.75, 3.05) is 12.9 Å². The van der Waals surface area contributed by atoms with Crippen LogP contribution in [0.5, 0.6) is 5.75 Å². The third kappa shape index (κ3) is 4.56. The first-order valence-electron chi connectivity index (χ1n) is 11.6. The highest BCUT2D eigenvalue weighted by Crippen LogP contribution is 2.24. The summed E-state index contributed by atoms with van der Waals surface area (Å²) in [6.07, 6.45) is 0. The first kappa shape index (κ1) is 25.3. The third-order valence-corrected chi connectivity index (χ3v) is 7.11. The molecule has 0 bridgehead atoms. The lowest BCUT2D eigenvalue weighted by atomic mass is 10.2. The molecule has 3 aromatic heterocycles. The smallest absolute Gasteiger partial charge is 0.332 e. The standard InChI is InChI=1S/C25H24FN7O4S/c1-30-21-20(22(35)31(2)25(30)36)32(13-16-4-8-17(26)9-5-16)23-28-29-24(33(21)23)38-14-19(34)27-12-15-6-10-18(37-3)11-7-15/h4-11H,12-14H2,1-3H3,(H,27,34). The van der Waals surface area contributed by atoms with E-state index in [-0.39, 0.29) is 29.5 Å². The van der Waals surface area contributed by atoms with Gasteiger partial charge in [0.05, 0.1) is 19.4 Å². The largest absolute Gasteiger partial charge is 0.497 e. The molecule has 0 saturated carbocycles. The SMILES string of the molecule is COc1ccc(CNC(=O)CSc2nnc3n(Cc4ccc(F)cc4)c4c(=O)n(C)c(=O)n(C)c4n23)cc1. The average Bonchev–Trinajstić information content (AvgIpc) is 3.48. The molecular weight excluding hydrogens is 513 g/mol. The molecule has 11 nitrogen and oxygen atoms in total. The molecule has 38 heavy (non-hydrogen) atoms. The Morgan fingerprint density at radius 3 is 2.37 bits per heavy atom. The van der Waals surface area contributed by atoms with Gasteiger partial charge in [-0.1, -0.05) is 36.0 Å². The summed E-state index contributed by atoms with van der Waals surface area (Å²) in [6.45, 7) is 0.548. The Hall–Kier alpha value is -4.39. The third-order valence-electron chi connectivity index (χ3n) is 6.19. The van der Waals surface area contributed by atoms with Crippen LogP contribution in [0, 0.1) is 5.82 Å². The number of thioether (sulfide) groups is 1. The molecular formula is C25H24FN7O4S. The number of nitrogens with zero attached hydrogens (tertiary/aromatic N) is 6. The van der Waals surface area contributed by atoms with Gasteiger partial charge >= 0.3 is 5.69 Å². The molecule has 0 aliphatic carbocycles. The molecule has 1 N–H and O–H groups in total. The van der Waals surface area contributed by atoms with Gasteiger partial charge in [-0.25, -0.2) is 13.6 Å². The second-order valence-corrected chi connectivity index (χ2v) is 9.56. The number of hydrogen-bond donors (Lipinski definition) is 1. The number of amides is 1. The van der Waals surface area contributed by atoms with E-state index in [4.69, 9.17) is 4.74 Å². The van der Waals surface area contributed by atoms with Gasteiger partial charge in [-0.15, -0.1) is 10.2 Å². The van der Waals surface area contributed by atoms with Gasteiger partial charge in [0.1, 0.15) is 11.6 Å². The lowest BCUT2D eigenvalue weighted by Gasteiger charge is -2.08. The van der Waals surface area contributed by atoms with Gasteiger partial charge < -0.3 is 10.1 Å². The Morgan fingerprint density at radius 1 is 1.00 bits per heavy atom. The Balaban J connectivity index is 1.47. The molecule has 196 valence electrons. The van der Waals surface area contributed by atoms with Gasteiger partial charge in [0.2, 0.25) is 11.7 Å². The molecule has 2 aromatic carbocycles. The van der Waals surface area contributed by atoms with E-state index < -0.39 is 11.2 Å². The van der Waals surface area contributed by atoms with Crippen molar-refractivity contribution in [2.45, 2.75) is 18.2 Å². The molecule has 0 spiro atoms. The highest BCUT2D eigenvalue weighted by atomic mass is 32.2. The molecule has 0 aliphatic heterocycles. The molecule has 0 aliphatic rings. The van der Waals surface area contributed by atoms with Gasteiger partial charge in [0.15, 0.2) is 16.3 Å². The summed E-state index contributed by atoms with van der Waals surface area (Å²) < 4.78 is 24.2. The molecule has 0 atom stereocenters. The van der Waals surface area contributed by atoms with Crippen LogP contribution in [-0.2, 0) is 32.0 Å². The fourth-order valence-corrected chi connectivity index (χ4v) is 4.93. The van der Waals surface area contributed by atoms with Gasteiger partial charge in [0.25, 0.3) is 5.56 Å². The van der Waals surface area contributed by atoms with Crippen LogP contribution in [0.2, 0.25) is 0 Å². The summed E-state index contributed by atoms with van der Waals surface area (Å²) in [5, 5.41) is 11.7. The number of hydrogen-bond acceptors (Lipinski definition) is 7. The molecule has 13 heteroatoms. The van der Waals surface area contributed by atoms with Gasteiger partial charge in [-0.2, -0.15) is 0 Å². The number of carbonyl (C=O) groups is 1. The number of halogens is 1. The fraction of sp³-hybridized carbons (Fsp3) is 0.240. The zero-order valence-corrected chi connectivity index (χ0v) is 21.7. The van der Waals surface area contributed by atoms with E-state index in [9.17, 15) is 18.8 Å². The lowest BCUT2D eigenvalue weighted by Crippen LogP contribution is -2.37. The number of benzene rings is 2. The van der Waals surface area contributed by atoms with Crippen molar-refractivity contribution in [3.05, 3.63) is 86.3 Å². The van der Waals surface area contributed by atoms with Crippen molar-refractivity contribution in [3.63, 3.8) is 0 Å². The molecule has 3 heterocycles. The van der Waals surface area contributed by atoms with Crippen LogP contribution in [0.15, 0.2) is 63.3 Å². The topological polar surface area (TPSA) is 117 Å². The lowest BCUT2D eigenvalue weighted by molar-refractivity contribution is -0.118. The molecule has 5 rings (SSSR count). The number of methoxy groups -OCH3 is 1. The predicted octanol–water partition coefficient (Wildman–Crippen LogP) is 1.69. The van der Waals surface area contributed by atoms with Crippen molar-refractivity contribution in [1.29, 1.82) is 0 Å². The molecule has 0 unspecified atom stereocenters. The Bertz CT molecular complexity index is 1770. The molecule has 1 amide bonds. The Kier molecular flexibility index (Phi) is 6.76. The number of aromatic nitrogens is 6. The summed E-state index contributed by atoms with van der Waals surface area (Å²) in [5.41, 5.74) is 1.20. The summed E-state index contributed by atoms with van der Waals surface area (Å²) >= 11 is 1.14. The van der Waals surface area contributed by atoms with Crippen LogP contribution in [0.3, 0.4) is 0 Å². The van der Waals surface area contributed by atoms with Crippen LogP contribution >= 0.6 is 11.8 Å². The van der Waals surface area contributed by atoms with Crippen LogP contribution in [0.25, 0.3) is 16.9 Å². The summed E-state index contributed by atoms with van der Waals surface area (Å²) in [5.74, 6) is 0.502. The zero-order chi connectivity index (χ0) is 27.0. The van der Waals surface area contributed by atoms with E-state index in [0.717, 1.165) is 33.2 Å². The van der Waals surface area contributed by atoms with E-state index in [1.165, 1.54) is 23.7 Å². The van der Waals surface area contributed by atoms with Gasteiger partial charge in [-0.05, 0) is 35.4 Å². The number of imidazole rings is 1. The quantitative estimate of drug-likeness (QED) is 0.299. The van der Waals surface area contributed by atoms with Crippen molar-refractivity contribution in [1.82, 2.24) is 33.6 Å². The van der Waals surface area contributed by atoms with Crippen molar-refractivity contribution < 1.29 is 13.9 Å². The van der Waals surface area contributed by atoms with Gasteiger partial charge in [-0.3, -0.25) is 23.3 Å². The Labute approximate surface area is 219 Å². The first-order valence-corrected chi connectivity index (χ1v) is 12.6. The van der Waals surface area contributed by atoms with Crippen molar-refractivity contribution >= 4 is 34.6 Å². The Morgan fingerprint density at radius 2 is 1.68 bits per heavy atom. The van der Waals surface area contributed by atoms with Crippen molar-refractivity contribution in [3.8, 4) is 5.75 Å². The maximum Gasteiger partial charge on any atom is 0.332 e. The number of carbonyl (C=O) groups excluding carboxylic acids is 1. The minimum Gasteiger partial charge on any atom is -0.497 e. The number of nitrogens with one attached hydrogen (secondary N) is 1. The number of aryl methyl sites for hydroxylation is 1. The maximum absolute atomic E-state index is 13.5. The van der Waals surface area contributed by atoms with Crippen LogP contribution in [0.1, 0.15) is 11.1 Å². The van der Waals surface area contributed by atoms with E-state index in [1.54, 1.807) is 35.3 Å². The average molecular weight is 538 g/mol. The number of ether oxygens (including phenoxy) is 1. The normalized spacial score (nSPS) is 11.4. The minimum absolute atomic E-state index is 0.0420. The monoisotopic (exact) mass is 537 g/mol. The zero-order valence-electron chi connectivity index (χ0n) is 20.8. The summed E-state index contributed by atoms with van der Waals surface area (Å²) in [4.78, 5) is 38.5. The van der Waals surface area contributed by atoms with E-state index >= 15 is 0 Å². The molecule has 5 aromatic rings. The second-order valence-electron chi connectivity index (χ2n) is 8.62. The second kappa shape index (κ2) is 10.2. The maximum atomic E-state index is 13.5. The van der Waals surface area contributed by atoms with E-state index in [0.29, 0.717) is 23.1 Å². The molecule has 0 fully saturated rings. The van der Waals surface area contributed by atoms with Crippen molar-refractivity contribution in [2.24, 2.45) is 14.1 Å². The minimum atomic E-state index is -0.509. The fourth-order valence-electron chi connectivity index (χ4n) is 4.17. The van der Waals surface area contributed by atoms with Crippen LogP contribution < -0.4 is 21.3 Å². The number of rotatable bonds is 8. The highest BCUT2D eigenvalue weighted by molar-refractivity contribution is 7.99. The molecule has 0 radical (unpaired) electrons. The summed E-state index contributed by atoms with van der Waals surface area (Å²) in [6, 6.07) is 13.3. The molecule has 0 saturated heterocycles. The van der Waals surface area contributed by atoms with Crippen LogP contribution in [0.4, 0.5) is 4.39 Å². The number of fused-ring (bicyclic) bond motifs is 3. The highest BCUT2D eigenvalue weighted by Gasteiger charge is 2.24. The van der Waals surface area contributed by atoms with Crippen LogP contribution in [-0.4, -0.2) is 47.1 Å². The van der Waals surface area contributed by atoms with Gasteiger partial charge in [0, 0.05) is 20.6 Å². The van der Waals surface area contributed by atoms with E-state index in [2.05, 4.69) is 15.5 Å². The predicted molar refractivity (Wildman–Crippen MR) is 140 cm³/mol. The summed E-state index contributed by atoms with van der Waals surface area (Å²) in [7, 11) is 4.55.